The van der Waals surface area contributed by atoms with Crippen molar-refractivity contribution < 1.29 is 0 Å². The number of para-hydroxylation sites is 1. The van der Waals surface area contributed by atoms with Crippen molar-refractivity contribution in [3.8, 4) is 5.82 Å². The molecule has 0 radical (unpaired) electrons. The lowest BCUT2D eigenvalue weighted by Crippen LogP contribution is -2.27. The molecular weight excluding hydrogens is 536 g/mol. The summed E-state index contributed by atoms with van der Waals surface area (Å²) < 4.78 is 4.02. The fourth-order valence-corrected chi connectivity index (χ4v) is 6.21. The van der Waals surface area contributed by atoms with E-state index in [4.69, 9.17) is 19.9 Å². The van der Waals surface area contributed by atoms with Crippen LogP contribution in [0.25, 0.3) is 44.7 Å². The highest BCUT2D eigenvalue weighted by Gasteiger charge is 2.30. The lowest BCUT2D eigenvalue weighted by Gasteiger charge is -2.25. The summed E-state index contributed by atoms with van der Waals surface area (Å²) in [6, 6.07) is 16.6. The molecule has 10 nitrogen and oxygen atoms in total. The standard InChI is InChI=1S/C33H32N10/c1-32(2,3)40-22-10-7-9-21-25(22)20(15-34-21)26-18-13-14-19-27(18)43-30(38-26)35-16-36-31(43)39-29(19)42-17-37-23-11-8-12-24(28(23)42)41-33(4,5)6/h7-17,20,40-41H,1-6H3. The number of fused-ring (bicyclic) bond motifs is 2. The maximum absolute atomic E-state index is 5.12. The minimum Gasteiger partial charge on any atom is -0.380 e. The van der Waals surface area contributed by atoms with Crippen molar-refractivity contribution in [2.75, 3.05) is 10.6 Å². The average Bonchev–Trinajstić information content (AvgIpc) is 3.68. The van der Waals surface area contributed by atoms with E-state index >= 15 is 0 Å². The van der Waals surface area contributed by atoms with Crippen molar-refractivity contribution in [1.82, 2.24) is 33.9 Å². The van der Waals surface area contributed by atoms with Crippen LogP contribution in [-0.2, 0) is 0 Å². The molecule has 0 spiro atoms. The topological polar surface area (TPSA) is 110 Å². The van der Waals surface area contributed by atoms with Gasteiger partial charge in [-0.3, -0.25) is 9.56 Å². The number of hydrogen-bond acceptors (Lipinski definition) is 8. The summed E-state index contributed by atoms with van der Waals surface area (Å²) in [7, 11) is 0. The van der Waals surface area contributed by atoms with Crippen molar-refractivity contribution in [3.63, 3.8) is 0 Å². The van der Waals surface area contributed by atoms with Gasteiger partial charge in [-0.2, -0.15) is 4.98 Å². The Bertz CT molecular complexity index is 2230. The molecule has 4 aromatic heterocycles. The molecule has 1 unspecified atom stereocenters. The number of anilines is 2. The fraction of sp³-hybridized carbons (Fsp3) is 0.273. The zero-order chi connectivity index (χ0) is 29.7. The molecule has 2 N–H and O–H groups in total. The molecule has 0 fully saturated rings. The summed E-state index contributed by atoms with van der Waals surface area (Å²) in [6.07, 6.45) is 5.38. The molecule has 0 saturated heterocycles. The second-order valence-corrected chi connectivity index (χ2v) is 13.3. The highest BCUT2D eigenvalue weighted by atomic mass is 15.2. The molecule has 5 heterocycles. The molecule has 0 aliphatic carbocycles. The van der Waals surface area contributed by atoms with Crippen LogP contribution >= 0.6 is 0 Å². The van der Waals surface area contributed by atoms with Gasteiger partial charge >= 0.3 is 0 Å². The Balaban J connectivity index is 1.39. The molecule has 8 rings (SSSR count). The molecule has 214 valence electrons. The van der Waals surface area contributed by atoms with Gasteiger partial charge in [0.25, 0.3) is 0 Å². The Morgan fingerprint density at radius 3 is 2.21 bits per heavy atom. The first-order valence-electron chi connectivity index (χ1n) is 14.5. The van der Waals surface area contributed by atoms with Gasteiger partial charge in [0, 0.05) is 39.3 Å². The first kappa shape index (κ1) is 25.6. The number of nitrogens with zero attached hydrogens (tertiary/aromatic N) is 8. The Morgan fingerprint density at radius 1 is 0.721 bits per heavy atom. The number of benzene rings is 2. The third-order valence-corrected chi connectivity index (χ3v) is 7.71. The highest BCUT2D eigenvalue weighted by Crippen LogP contribution is 2.44. The molecular formula is C33H32N10. The van der Waals surface area contributed by atoms with E-state index in [-0.39, 0.29) is 17.0 Å². The van der Waals surface area contributed by atoms with Crippen LogP contribution in [0.1, 0.15) is 58.7 Å². The van der Waals surface area contributed by atoms with Crippen molar-refractivity contribution in [2.45, 2.75) is 58.5 Å². The van der Waals surface area contributed by atoms with Crippen molar-refractivity contribution in [3.05, 3.63) is 72.4 Å². The molecule has 7 aromatic rings. The second kappa shape index (κ2) is 8.70. The Morgan fingerprint density at radius 2 is 1.42 bits per heavy atom. The van der Waals surface area contributed by atoms with Crippen LogP contribution in [0.5, 0.6) is 0 Å². The van der Waals surface area contributed by atoms with E-state index in [0.29, 0.717) is 11.6 Å². The zero-order valence-electron chi connectivity index (χ0n) is 25.0. The van der Waals surface area contributed by atoms with E-state index in [9.17, 15) is 0 Å². The van der Waals surface area contributed by atoms with Gasteiger partial charge < -0.3 is 10.6 Å². The molecule has 3 aromatic carbocycles. The Kier molecular flexibility index (Phi) is 5.17. The second-order valence-electron chi connectivity index (χ2n) is 13.3. The molecule has 10 heteroatoms. The van der Waals surface area contributed by atoms with Gasteiger partial charge in [0.2, 0.25) is 11.6 Å². The van der Waals surface area contributed by atoms with Gasteiger partial charge in [0.15, 0.2) is 5.82 Å². The van der Waals surface area contributed by atoms with E-state index in [1.54, 1.807) is 0 Å². The van der Waals surface area contributed by atoms with Crippen LogP contribution in [0.3, 0.4) is 0 Å². The fourth-order valence-electron chi connectivity index (χ4n) is 6.21. The van der Waals surface area contributed by atoms with Crippen LogP contribution in [-0.4, -0.2) is 51.2 Å². The number of hydrogen-bond donors (Lipinski definition) is 2. The molecule has 1 atom stereocenters. The minimum atomic E-state index is -0.140. The van der Waals surface area contributed by atoms with Gasteiger partial charge in [-0.15, -0.1) is 0 Å². The van der Waals surface area contributed by atoms with E-state index in [1.807, 2.05) is 35.1 Å². The van der Waals surface area contributed by atoms with Crippen LogP contribution in [0, 0.1) is 0 Å². The predicted molar refractivity (Wildman–Crippen MR) is 173 cm³/mol. The smallest absolute Gasteiger partial charge is 0.240 e. The number of aromatic nitrogens is 7. The first-order chi connectivity index (χ1) is 20.6. The van der Waals surface area contributed by atoms with E-state index in [0.717, 1.165) is 61.5 Å². The molecule has 0 saturated carbocycles. The minimum absolute atomic E-state index is 0.111. The summed E-state index contributed by atoms with van der Waals surface area (Å²) in [4.78, 5) is 28.9. The Hall–Kier alpha value is -5.12. The average molecular weight is 569 g/mol. The third kappa shape index (κ3) is 4.00. The van der Waals surface area contributed by atoms with E-state index in [2.05, 4.69) is 97.0 Å². The van der Waals surface area contributed by atoms with Crippen LogP contribution in [0.4, 0.5) is 17.1 Å². The Labute approximate surface area is 248 Å². The molecule has 1 aliphatic heterocycles. The van der Waals surface area contributed by atoms with Gasteiger partial charge in [-0.25, -0.2) is 24.3 Å². The quantitative estimate of drug-likeness (QED) is 0.238. The number of nitrogens with one attached hydrogen (secondary N) is 2. The van der Waals surface area contributed by atoms with E-state index < -0.39 is 0 Å². The number of aliphatic imine (C=N–C) groups is 1. The summed E-state index contributed by atoms with van der Waals surface area (Å²) in [5, 5.41) is 9.32. The van der Waals surface area contributed by atoms with Crippen molar-refractivity contribution in [2.24, 2.45) is 4.99 Å². The summed E-state index contributed by atoms with van der Waals surface area (Å²) in [5.74, 6) is 1.70. The maximum Gasteiger partial charge on any atom is 0.240 e. The lowest BCUT2D eigenvalue weighted by molar-refractivity contribution is 0.633. The van der Waals surface area contributed by atoms with Crippen LogP contribution in [0.2, 0.25) is 0 Å². The van der Waals surface area contributed by atoms with E-state index in [1.165, 1.54) is 6.33 Å². The normalized spacial score (nSPS) is 15.3. The summed E-state index contributed by atoms with van der Waals surface area (Å²) >= 11 is 0. The molecule has 0 amide bonds. The maximum atomic E-state index is 5.12. The van der Waals surface area contributed by atoms with Gasteiger partial charge in [0.1, 0.15) is 12.7 Å². The van der Waals surface area contributed by atoms with Crippen LogP contribution in [0.15, 0.2) is 66.2 Å². The largest absolute Gasteiger partial charge is 0.380 e. The summed E-state index contributed by atoms with van der Waals surface area (Å²) in [6.45, 7) is 12.9. The first-order valence-corrected chi connectivity index (χ1v) is 14.5. The van der Waals surface area contributed by atoms with Crippen LogP contribution < -0.4 is 10.6 Å². The third-order valence-electron chi connectivity index (χ3n) is 7.71. The van der Waals surface area contributed by atoms with Crippen molar-refractivity contribution in [1.29, 1.82) is 0 Å². The highest BCUT2D eigenvalue weighted by molar-refractivity contribution is 6.07. The summed E-state index contributed by atoms with van der Waals surface area (Å²) in [5.41, 5.74) is 7.62. The van der Waals surface area contributed by atoms with Gasteiger partial charge in [-0.1, -0.05) is 18.2 Å². The van der Waals surface area contributed by atoms with Gasteiger partial charge in [0.05, 0.1) is 39.5 Å². The molecule has 1 aliphatic rings. The molecule has 0 bridgehead atoms. The lowest BCUT2D eigenvalue weighted by atomic mass is 9.93. The SMILES string of the molecule is CC(C)(C)Nc1cccc2c1C(c1nc3ncnc4nc(-n5cnc6cccc(NC(C)(C)C)c65)c5ccc1c5n34)C=N2. The number of rotatable bonds is 4. The monoisotopic (exact) mass is 568 g/mol. The van der Waals surface area contributed by atoms with Crippen molar-refractivity contribution >= 4 is 62.2 Å². The zero-order valence-corrected chi connectivity index (χ0v) is 25.0. The van der Waals surface area contributed by atoms with Gasteiger partial charge in [-0.05, 0) is 71.9 Å². The predicted octanol–water partition coefficient (Wildman–Crippen LogP) is 6.87. The number of imidazole rings is 1. The molecule has 43 heavy (non-hydrogen) atoms.